The SMILES string of the molecule is COC(=O)C(N)CC(O)C1CCCOC1. The Bertz CT molecular complexity index is 204. The van der Waals surface area contributed by atoms with Crippen LogP contribution in [-0.2, 0) is 14.3 Å². The van der Waals surface area contributed by atoms with Gasteiger partial charge in [0.15, 0.2) is 0 Å². The third-order valence-electron chi connectivity index (χ3n) is 2.74. The minimum atomic E-state index is -0.744. The summed E-state index contributed by atoms with van der Waals surface area (Å²) >= 11 is 0. The van der Waals surface area contributed by atoms with Gasteiger partial charge in [-0.25, -0.2) is 0 Å². The molecular weight excluding hydrogens is 198 g/mol. The van der Waals surface area contributed by atoms with Gasteiger partial charge in [0.05, 0.1) is 19.8 Å². The van der Waals surface area contributed by atoms with Crippen LogP contribution in [0.25, 0.3) is 0 Å². The lowest BCUT2D eigenvalue weighted by molar-refractivity contribution is -0.143. The molecule has 5 heteroatoms. The van der Waals surface area contributed by atoms with E-state index in [0.717, 1.165) is 19.4 Å². The Morgan fingerprint density at radius 1 is 1.73 bits per heavy atom. The van der Waals surface area contributed by atoms with Crippen molar-refractivity contribution in [3.63, 3.8) is 0 Å². The summed E-state index contributed by atoms with van der Waals surface area (Å²) in [6.45, 7) is 1.31. The fraction of sp³-hybridized carbons (Fsp3) is 0.900. The summed E-state index contributed by atoms with van der Waals surface area (Å²) in [5.41, 5.74) is 5.56. The number of esters is 1. The molecule has 0 aromatic heterocycles. The molecule has 0 aromatic rings. The molecule has 1 saturated heterocycles. The van der Waals surface area contributed by atoms with E-state index in [1.807, 2.05) is 0 Å². The van der Waals surface area contributed by atoms with Crippen molar-refractivity contribution in [1.82, 2.24) is 0 Å². The predicted molar refractivity (Wildman–Crippen MR) is 54.2 cm³/mol. The number of carbonyl (C=O) groups is 1. The van der Waals surface area contributed by atoms with Crippen LogP contribution in [0, 0.1) is 5.92 Å². The summed E-state index contributed by atoms with van der Waals surface area (Å²) in [6.07, 6.45) is 1.53. The molecule has 1 fully saturated rings. The van der Waals surface area contributed by atoms with Gasteiger partial charge < -0.3 is 20.3 Å². The Morgan fingerprint density at radius 2 is 2.47 bits per heavy atom. The summed E-state index contributed by atoms with van der Waals surface area (Å²) in [5.74, 6) is -0.389. The molecule has 15 heavy (non-hydrogen) atoms. The third-order valence-corrected chi connectivity index (χ3v) is 2.74. The summed E-state index contributed by atoms with van der Waals surface area (Å²) < 4.78 is 9.75. The molecule has 1 heterocycles. The Morgan fingerprint density at radius 3 is 3.00 bits per heavy atom. The average Bonchev–Trinajstić information content (AvgIpc) is 2.29. The first-order valence-corrected chi connectivity index (χ1v) is 5.24. The van der Waals surface area contributed by atoms with Crippen LogP contribution in [0.4, 0.5) is 0 Å². The minimum Gasteiger partial charge on any atom is -0.468 e. The fourth-order valence-electron chi connectivity index (χ4n) is 1.77. The number of nitrogens with two attached hydrogens (primary N) is 1. The zero-order valence-electron chi connectivity index (χ0n) is 9.02. The molecule has 3 atom stereocenters. The molecule has 0 aliphatic carbocycles. The number of hydrogen-bond acceptors (Lipinski definition) is 5. The monoisotopic (exact) mass is 217 g/mol. The van der Waals surface area contributed by atoms with Crippen LogP contribution < -0.4 is 5.73 Å². The summed E-state index contributed by atoms with van der Waals surface area (Å²) in [6, 6.07) is -0.744. The highest BCUT2D eigenvalue weighted by molar-refractivity contribution is 5.75. The van der Waals surface area contributed by atoms with E-state index < -0.39 is 18.1 Å². The summed E-state index contributed by atoms with van der Waals surface area (Å²) in [4.78, 5) is 11.0. The molecule has 3 N–H and O–H groups in total. The summed E-state index contributed by atoms with van der Waals surface area (Å²) in [5, 5.41) is 9.82. The molecule has 1 aliphatic rings. The van der Waals surface area contributed by atoms with Crippen LogP contribution in [0.5, 0.6) is 0 Å². The molecule has 0 spiro atoms. The highest BCUT2D eigenvalue weighted by atomic mass is 16.5. The van der Waals surface area contributed by atoms with Crippen LogP contribution in [-0.4, -0.2) is 43.5 Å². The number of rotatable bonds is 4. The minimum absolute atomic E-state index is 0.0921. The first-order valence-electron chi connectivity index (χ1n) is 5.24. The maximum atomic E-state index is 11.0. The van der Waals surface area contributed by atoms with Crippen LogP contribution in [0.1, 0.15) is 19.3 Å². The van der Waals surface area contributed by atoms with Gasteiger partial charge in [-0.2, -0.15) is 0 Å². The maximum absolute atomic E-state index is 11.0. The van der Waals surface area contributed by atoms with Crippen molar-refractivity contribution in [2.45, 2.75) is 31.4 Å². The van der Waals surface area contributed by atoms with Gasteiger partial charge in [0.2, 0.25) is 0 Å². The van der Waals surface area contributed by atoms with Gasteiger partial charge in [-0.15, -0.1) is 0 Å². The highest BCUT2D eigenvalue weighted by Gasteiger charge is 2.26. The molecular formula is C10H19NO4. The lowest BCUT2D eigenvalue weighted by Gasteiger charge is -2.27. The Labute approximate surface area is 89.5 Å². The standard InChI is InChI=1S/C10H19NO4/c1-14-10(13)8(11)5-9(12)7-3-2-4-15-6-7/h7-9,12H,2-6,11H2,1H3. The van der Waals surface area contributed by atoms with Crippen molar-refractivity contribution >= 4 is 5.97 Å². The van der Waals surface area contributed by atoms with Gasteiger partial charge in [-0.1, -0.05) is 0 Å². The number of carbonyl (C=O) groups excluding carboxylic acids is 1. The van der Waals surface area contributed by atoms with Gasteiger partial charge in [-0.3, -0.25) is 4.79 Å². The van der Waals surface area contributed by atoms with Crippen molar-refractivity contribution in [3.05, 3.63) is 0 Å². The Balaban J connectivity index is 2.33. The van der Waals surface area contributed by atoms with Crippen molar-refractivity contribution in [1.29, 1.82) is 0 Å². The lowest BCUT2D eigenvalue weighted by atomic mass is 9.92. The van der Waals surface area contributed by atoms with Crippen molar-refractivity contribution in [2.75, 3.05) is 20.3 Å². The fourth-order valence-corrected chi connectivity index (χ4v) is 1.77. The quantitative estimate of drug-likeness (QED) is 0.630. The molecule has 0 amide bonds. The molecule has 1 rings (SSSR count). The number of methoxy groups -OCH3 is 1. The predicted octanol–water partition coefficient (Wildman–Crippen LogP) is -0.336. The van der Waals surface area contributed by atoms with E-state index >= 15 is 0 Å². The molecule has 1 aliphatic heterocycles. The first-order chi connectivity index (χ1) is 7.15. The smallest absolute Gasteiger partial charge is 0.322 e. The van der Waals surface area contributed by atoms with Crippen LogP contribution >= 0.6 is 0 Å². The molecule has 0 bridgehead atoms. The molecule has 0 radical (unpaired) electrons. The van der Waals surface area contributed by atoms with E-state index in [9.17, 15) is 9.90 Å². The zero-order chi connectivity index (χ0) is 11.3. The molecule has 88 valence electrons. The van der Waals surface area contributed by atoms with Gasteiger partial charge in [0.25, 0.3) is 0 Å². The highest BCUT2D eigenvalue weighted by Crippen LogP contribution is 2.20. The van der Waals surface area contributed by atoms with Crippen LogP contribution in [0.3, 0.4) is 0 Å². The van der Waals surface area contributed by atoms with E-state index in [-0.39, 0.29) is 12.3 Å². The van der Waals surface area contributed by atoms with Crippen molar-refractivity contribution < 1.29 is 19.4 Å². The van der Waals surface area contributed by atoms with E-state index in [2.05, 4.69) is 4.74 Å². The van der Waals surface area contributed by atoms with E-state index in [0.29, 0.717) is 6.61 Å². The van der Waals surface area contributed by atoms with Crippen LogP contribution in [0.2, 0.25) is 0 Å². The normalized spacial score (nSPS) is 25.7. The first kappa shape index (κ1) is 12.4. The van der Waals surface area contributed by atoms with Crippen molar-refractivity contribution in [2.24, 2.45) is 11.7 Å². The van der Waals surface area contributed by atoms with Crippen LogP contribution in [0.15, 0.2) is 0 Å². The van der Waals surface area contributed by atoms with Crippen molar-refractivity contribution in [3.8, 4) is 0 Å². The second kappa shape index (κ2) is 6.05. The Kier molecular flexibility index (Phi) is 5.01. The van der Waals surface area contributed by atoms with Gasteiger partial charge in [-0.05, 0) is 19.3 Å². The molecule has 0 saturated carbocycles. The average molecular weight is 217 g/mol. The number of hydrogen-bond donors (Lipinski definition) is 2. The van der Waals surface area contributed by atoms with E-state index in [1.165, 1.54) is 7.11 Å². The molecule has 0 aromatic carbocycles. The number of aliphatic hydroxyl groups excluding tert-OH is 1. The van der Waals surface area contributed by atoms with E-state index in [4.69, 9.17) is 10.5 Å². The molecule has 3 unspecified atom stereocenters. The zero-order valence-corrected chi connectivity index (χ0v) is 9.02. The lowest BCUT2D eigenvalue weighted by Crippen LogP contribution is -2.39. The van der Waals surface area contributed by atoms with E-state index in [1.54, 1.807) is 0 Å². The summed E-state index contributed by atoms with van der Waals surface area (Å²) in [7, 11) is 1.29. The maximum Gasteiger partial charge on any atom is 0.322 e. The van der Waals surface area contributed by atoms with Gasteiger partial charge in [0.1, 0.15) is 6.04 Å². The second-order valence-electron chi connectivity index (χ2n) is 3.91. The Hall–Kier alpha value is -0.650. The third kappa shape index (κ3) is 3.77. The second-order valence-corrected chi connectivity index (χ2v) is 3.91. The topological polar surface area (TPSA) is 81.8 Å². The van der Waals surface area contributed by atoms with Gasteiger partial charge >= 0.3 is 5.97 Å². The largest absolute Gasteiger partial charge is 0.468 e. The molecule has 5 nitrogen and oxygen atoms in total. The number of aliphatic hydroxyl groups is 1. The number of ether oxygens (including phenoxy) is 2. The van der Waals surface area contributed by atoms with Gasteiger partial charge in [0, 0.05) is 12.5 Å².